The van der Waals surface area contributed by atoms with Crippen molar-refractivity contribution < 1.29 is 17.0 Å². The molecule has 0 N–H and O–H groups in total. The van der Waals surface area contributed by atoms with Crippen LogP contribution in [0.25, 0.3) is 0 Å². The zero-order chi connectivity index (χ0) is 14.0. The molecule has 5 heteroatoms. The molecule has 2 aromatic rings. The fourth-order valence-corrected chi connectivity index (χ4v) is 2.73. The first-order valence-electron chi connectivity index (χ1n) is 5.65. The van der Waals surface area contributed by atoms with Crippen LogP contribution in [0.5, 0.6) is 5.75 Å². The molecule has 0 saturated heterocycles. The normalized spacial score (nSPS) is 11.3. The van der Waals surface area contributed by atoms with Gasteiger partial charge in [-0.25, -0.2) is 4.39 Å². The third-order valence-corrected chi connectivity index (χ3v) is 3.73. The highest BCUT2D eigenvalue weighted by atomic mass is 32.2. The van der Waals surface area contributed by atoms with Crippen molar-refractivity contribution in [2.24, 2.45) is 0 Å². The van der Waals surface area contributed by atoms with E-state index in [9.17, 15) is 12.8 Å². The molecule has 0 aliphatic rings. The topological polar surface area (TPSA) is 43.4 Å². The average molecular weight is 280 g/mol. The molecule has 0 aliphatic carbocycles. The molecular weight excluding hydrogens is 267 g/mol. The van der Waals surface area contributed by atoms with Gasteiger partial charge in [-0.05, 0) is 55.3 Å². The van der Waals surface area contributed by atoms with E-state index in [-0.39, 0.29) is 10.6 Å². The van der Waals surface area contributed by atoms with E-state index in [0.29, 0.717) is 0 Å². The number of hydrogen-bond donors (Lipinski definition) is 0. The van der Waals surface area contributed by atoms with Gasteiger partial charge in [0.2, 0.25) is 0 Å². The summed E-state index contributed by atoms with van der Waals surface area (Å²) in [5, 5.41) is 0. The van der Waals surface area contributed by atoms with Gasteiger partial charge < -0.3 is 4.18 Å². The molecule has 0 aromatic heterocycles. The molecule has 0 bridgehead atoms. The van der Waals surface area contributed by atoms with E-state index in [2.05, 4.69) is 0 Å². The molecule has 2 aromatic carbocycles. The molecule has 0 amide bonds. The van der Waals surface area contributed by atoms with Crippen LogP contribution >= 0.6 is 0 Å². The molecule has 0 radical (unpaired) electrons. The molecule has 3 nitrogen and oxygen atoms in total. The predicted molar refractivity (Wildman–Crippen MR) is 70.1 cm³/mol. The second kappa shape index (κ2) is 5.01. The maximum Gasteiger partial charge on any atom is 0.339 e. The molecule has 100 valence electrons. The van der Waals surface area contributed by atoms with Gasteiger partial charge in [-0.1, -0.05) is 12.1 Å². The molecule has 2 rings (SSSR count). The second-order valence-corrected chi connectivity index (χ2v) is 5.86. The highest BCUT2D eigenvalue weighted by molar-refractivity contribution is 7.87. The van der Waals surface area contributed by atoms with E-state index in [1.54, 1.807) is 12.1 Å². The summed E-state index contributed by atoms with van der Waals surface area (Å²) in [6.45, 7) is 3.68. The molecule has 0 atom stereocenters. The quantitative estimate of drug-likeness (QED) is 0.811. The maximum absolute atomic E-state index is 13.0. The van der Waals surface area contributed by atoms with Gasteiger partial charge in [-0.2, -0.15) is 8.42 Å². The standard InChI is InChI=1S/C14H13FO3S/c1-10-6-11(2)8-13(7-10)18-19(16,17)14-5-3-4-12(15)9-14/h3-9H,1-2H3. The Kier molecular flexibility index (Phi) is 3.57. The fourth-order valence-electron chi connectivity index (χ4n) is 1.78. The number of benzene rings is 2. The van der Waals surface area contributed by atoms with Gasteiger partial charge in [0.1, 0.15) is 16.5 Å². The third-order valence-electron chi connectivity index (χ3n) is 2.49. The van der Waals surface area contributed by atoms with E-state index in [1.165, 1.54) is 18.2 Å². The van der Waals surface area contributed by atoms with Crippen LogP contribution < -0.4 is 4.18 Å². The van der Waals surface area contributed by atoms with Crippen LogP contribution in [0.15, 0.2) is 47.4 Å². The molecule has 0 saturated carbocycles. The van der Waals surface area contributed by atoms with E-state index >= 15 is 0 Å². The van der Waals surface area contributed by atoms with Crippen LogP contribution in [0.3, 0.4) is 0 Å². The maximum atomic E-state index is 13.0. The zero-order valence-electron chi connectivity index (χ0n) is 10.6. The van der Waals surface area contributed by atoms with E-state index in [1.807, 2.05) is 19.9 Å². The number of aryl methyl sites for hydroxylation is 2. The SMILES string of the molecule is Cc1cc(C)cc(OS(=O)(=O)c2cccc(F)c2)c1. The lowest BCUT2D eigenvalue weighted by atomic mass is 10.1. The first-order chi connectivity index (χ1) is 8.87. The molecule has 0 heterocycles. The van der Waals surface area contributed by atoms with Crippen LogP contribution in [0, 0.1) is 19.7 Å². The largest absolute Gasteiger partial charge is 0.379 e. The minimum absolute atomic E-state index is 0.202. The van der Waals surface area contributed by atoms with Crippen LogP contribution in [-0.4, -0.2) is 8.42 Å². The zero-order valence-corrected chi connectivity index (χ0v) is 11.4. The van der Waals surface area contributed by atoms with E-state index in [0.717, 1.165) is 17.2 Å². The number of halogens is 1. The van der Waals surface area contributed by atoms with Gasteiger partial charge in [0.25, 0.3) is 0 Å². The van der Waals surface area contributed by atoms with Gasteiger partial charge >= 0.3 is 10.1 Å². The highest BCUT2D eigenvalue weighted by Gasteiger charge is 2.17. The minimum Gasteiger partial charge on any atom is -0.379 e. The van der Waals surface area contributed by atoms with Crippen LogP contribution in [-0.2, 0) is 10.1 Å². The monoisotopic (exact) mass is 280 g/mol. The van der Waals surface area contributed by atoms with Crippen molar-refractivity contribution in [3.63, 3.8) is 0 Å². The lowest BCUT2D eigenvalue weighted by Crippen LogP contribution is -2.10. The van der Waals surface area contributed by atoms with Crippen LogP contribution in [0.4, 0.5) is 4.39 Å². The lowest BCUT2D eigenvalue weighted by molar-refractivity contribution is 0.484. The molecule has 19 heavy (non-hydrogen) atoms. The van der Waals surface area contributed by atoms with Crippen molar-refractivity contribution in [2.75, 3.05) is 0 Å². The summed E-state index contributed by atoms with van der Waals surface area (Å²) >= 11 is 0. The average Bonchev–Trinajstić information content (AvgIpc) is 2.26. The summed E-state index contributed by atoms with van der Waals surface area (Å²) in [7, 11) is -4.01. The van der Waals surface area contributed by atoms with Gasteiger partial charge in [0.05, 0.1) is 0 Å². The Morgan fingerprint density at radius 1 is 1.00 bits per heavy atom. The van der Waals surface area contributed by atoms with Gasteiger partial charge in [0.15, 0.2) is 0 Å². The van der Waals surface area contributed by atoms with Crippen molar-refractivity contribution in [1.82, 2.24) is 0 Å². The van der Waals surface area contributed by atoms with Crippen molar-refractivity contribution in [3.8, 4) is 5.75 Å². The van der Waals surface area contributed by atoms with E-state index in [4.69, 9.17) is 4.18 Å². The molecule has 0 aliphatic heterocycles. The Bertz CT molecular complexity index is 688. The Balaban J connectivity index is 2.36. The summed E-state index contributed by atoms with van der Waals surface area (Å²) in [6, 6.07) is 9.86. The Hall–Kier alpha value is -1.88. The third kappa shape index (κ3) is 3.32. The van der Waals surface area contributed by atoms with Crippen LogP contribution in [0.1, 0.15) is 11.1 Å². The van der Waals surface area contributed by atoms with Crippen molar-refractivity contribution in [1.29, 1.82) is 0 Å². The van der Waals surface area contributed by atoms with Crippen molar-refractivity contribution >= 4 is 10.1 Å². The highest BCUT2D eigenvalue weighted by Crippen LogP contribution is 2.21. The lowest BCUT2D eigenvalue weighted by Gasteiger charge is -2.08. The van der Waals surface area contributed by atoms with Gasteiger partial charge in [-0.3, -0.25) is 0 Å². The van der Waals surface area contributed by atoms with Gasteiger partial charge in [0, 0.05) is 0 Å². The summed E-state index contributed by atoms with van der Waals surface area (Å²) in [6.07, 6.45) is 0. The summed E-state index contributed by atoms with van der Waals surface area (Å²) in [5.74, 6) is -0.396. The Morgan fingerprint density at radius 2 is 1.63 bits per heavy atom. The minimum atomic E-state index is -4.01. The molecular formula is C14H13FO3S. The summed E-state index contributed by atoms with van der Waals surface area (Å²) in [4.78, 5) is -0.202. The smallest absolute Gasteiger partial charge is 0.339 e. The van der Waals surface area contributed by atoms with E-state index < -0.39 is 15.9 Å². The first kappa shape index (κ1) is 13.5. The Labute approximate surface area is 111 Å². The fraction of sp³-hybridized carbons (Fsp3) is 0.143. The van der Waals surface area contributed by atoms with Crippen molar-refractivity contribution in [2.45, 2.75) is 18.7 Å². The summed E-state index contributed by atoms with van der Waals surface area (Å²) in [5.41, 5.74) is 1.79. The Morgan fingerprint density at radius 3 is 2.21 bits per heavy atom. The van der Waals surface area contributed by atoms with Gasteiger partial charge in [-0.15, -0.1) is 0 Å². The predicted octanol–water partition coefficient (Wildman–Crippen LogP) is 3.21. The first-order valence-corrected chi connectivity index (χ1v) is 7.06. The summed E-state index contributed by atoms with van der Waals surface area (Å²) < 4.78 is 42.0. The number of rotatable bonds is 3. The second-order valence-electron chi connectivity index (χ2n) is 4.32. The van der Waals surface area contributed by atoms with Crippen LogP contribution in [0.2, 0.25) is 0 Å². The molecule has 0 fully saturated rings. The molecule has 0 unspecified atom stereocenters. The van der Waals surface area contributed by atoms with Crippen molar-refractivity contribution in [3.05, 3.63) is 59.4 Å². The number of hydrogen-bond acceptors (Lipinski definition) is 3. The molecule has 0 spiro atoms.